The molecule has 4 heteroatoms. The summed E-state index contributed by atoms with van der Waals surface area (Å²) in [6, 6.07) is 4.10. The molecule has 1 aliphatic carbocycles. The second-order valence-electron chi connectivity index (χ2n) is 5.64. The van der Waals surface area contributed by atoms with Gasteiger partial charge in [-0.05, 0) is 30.9 Å². The van der Waals surface area contributed by atoms with Crippen molar-refractivity contribution in [3.8, 4) is 0 Å². The largest absolute Gasteiger partial charge is 0.356 e. The van der Waals surface area contributed by atoms with Crippen LogP contribution < -0.4 is 10.6 Å². The molecule has 0 bridgehead atoms. The Balaban J connectivity index is 1.53. The van der Waals surface area contributed by atoms with Gasteiger partial charge in [0, 0.05) is 39.1 Å². The van der Waals surface area contributed by atoms with Crippen molar-refractivity contribution < 1.29 is 0 Å². The van der Waals surface area contributed by atoms with Gasteiger partial charge in [-0.15, -0.1) is 0 Å². The summed E-state index contributed by atoms with van der Waals surface area (Å²) in [5.74, 6) is 1.91. The van der Waals surface area contributed by atoms with Gasteiger partial charge in [0.2, 0.25) is 0 Å². The molecule has 0 aliphatic heterocycles. The summed E-state index contributed by atoms with van der Waals surface area (Å²) >= 11 is 0. The van der Waals surface area contributed by atoms with E-state index in [9.17, 15) is 0 Å². The molecule has 1 saturated carbocycles. The van der Waals surface area contributed by atoms with E-state index in [1.807, 2.05) is 7.05 Å². The molecule has 0 atom stereocenters. The molecule has 1 heterocycles. The highest BCUT2D eigenvalue weighted by Gasteiger charge is 2.13. The lowest BCUT2D eigenvalue weighted by atomic mass is 10.0. The van der Waals surface area contributed by atoms with Crippen LogP contribution in [-0.2, 0) is 6.54 Å². The summed E-state index contributed by atoms with van der Waals surface area (Å²) in [4.78, 5) is 4.26. The number of aromatic nitrogens is 1. The Morgan fingerprint density at radius 2 is 1.85 bits per heavy atom. The van der Waals surface area contributed by atoms with Crippen molar-refractivity contribution in [2.45, 2.75) is 45.1 Å². The van der Waals surface area contributed by atoms with Crippen LogP contribution in [0.15, 0.2) is 29.5 Å². The highest BCUT2D eigenvalue weighted by Crippen LogP contribution is 2.28. The number of guanidine groups is 1. The molecule has 0 unspecified atom stereocenters. The molecule has 2 rings (SSSR count). The van der Waals surface area contributed by atoms with Crippen LogP contribution in [0, 0.1) is 5.92 Å². The van der Waals surface area contributed by atoms with Crippen LogP contribution in [0.25, 0.3) is 0 Å². The van der Waals surface area contributed by atoms with Crippen LogP contribution in [0.4, 0.5) is 0 Å². The first-order valence-electron chi connectivity index (χ1n) is 7.94. The second-order valence-corrected chi connectivity index (χ2v) is 5.64. The van der Waals surface area contributed by atoms with Crippen LogP contribution in [0.3, 0.4) is 0 Å². The minimum absolute atomic E-state index is 0.900. The van der Waals surface area contributed by atoms with E-state index in [2.05, 4.69) is 44.7 Å². The van der Waals surface area contributed by atoms with E-state index in [4.69, 9.17) is 0 Å². The summed E-state index contributed by atoms with van der Waals surface area (Å²) in [5.41, 5.74) is 0. The van der Waals surface area contributed by atoms with Gasteiger partial charge >= 0.3 is 0 Å². The molecule has 2 N–H and O–H groups in total. The van der Waals surface area contributed by atoms with E-state index in [0.717, 1.165) is 31.5 Å². The van der Waals surface area contributed by atoms with Gasteiger partial charge in [-0.1, -0.05) is 25.7 Å². The fraction of sp³-hybridized carbons (Fsp3) is 0.688. The predicted octanol–water partition coefficient (Wildman–Crippen LogP) is 2.62. The molecule has 0 aromatic carbocycles. The van der Waals surface area contributed by atoms with Crippen LogP contribution >= 0.6 is 0 Å². The maximum absolute atomic E-state index is 4.26. The van der Waals surface area contributed by atoms with E-state index in [0.29, 0.717) is 0 Å². The van der Waals surface area contributed by atoms with E-state index >= 15 is 0 Å². The summed E-state index contributed by atoms with van der Waals surface area (Å²) < 4.78 is 2.17. The Bertz CT molecular complexity index is 377. The molecule has 1 aliphatic rings. The second kappa shape index (κ2) is 8.67. The molecule has 0 amide bonds. The van der Waals surface area contributed by atoms with Crippen LogP contribution in [0.1, 0.15) is 38.5 Å². The molecule has 0 saturated heterocycles. The smallest absolute Gasteiger partial charge is 0.191 e. The van der Waals surface area contributed by atoms with Gasteiger partial charge in [0.15, 0.2) is 5.96 Å². The van der Waals surface area contributed by atoms with Crippen molar-refractivity contribution >= 4 is 5.96 Å². The third-order valence-corrected chi connectivity index (χ3v) is 4.11. The van der Waals surface area contributed by atoms with Crippen molar-refractivity contribution in [1.82, 2.24) is 15.2 Å². The first-order chi connectivity index (χ1) is 9.88. The number of hydrogen-bond acceptors (Lipinski definition) is 1. The zero-order valence-corrected chi connectivity index (χ0v) is 12.6. The van der Waals surface area contributed by atoms with Gasteiger partial charge in [0.25, 0.3) is 0 Å². The molecule has 0 spiro atoms. The molecule has 1 aromatic heterocycles. The monoisotopic (exact) mass is 276 g/mol. The molecular formula is C16H28N4. The summed E-state index contributed by atoms with van der Waals surface area (Å²) in [7, 11) is 1.84. The van der Waals surface area contributed by atoms with Gasteiger partial charge in [0.05, 0.1) is 0 Å². The third kappa shape index (κ3) is 5.27. The van der Waals surface area contributed by atoms with Crippen LogP contribution in [0.2, 0.25) is 0 Å². The quantitative estimate of drug-likeness (QED) is 0.457. The Hall–Kier alpha value is -1.45. The first kappa shape index (κ1) is 14.9. The lowest BCUT2D eigenvalue weighted by Crippen LogP contribution is -2.39. The predicted molar refractivity (Wildman–Crippen MR) is 85.0 cm³/mol. The maximum Gasteiger partial charge on any atom is 0.191 e. The van der Waals surface area contributed by atoms with Gasteiger partial charge in [-0.2, -0.15) is 0 Å². The van der Waals surface area contributed by atoms with Crippen LogP contribution in [-0.4, -0.2) is 30.7 Å². The SMILES string of the molecule is CN=C(NCCCC1CCCC1)NCCn1cccc1. The highest BCUT2D eigenvalue weighted by molar-refractivity contribution is 5.79. The third-order valence-electron chi connectivity index (χ3n) is 4.11. The molecule has 0 radical (unpaired) electrons. The Kier molecular flexibility index (Phi) is 6.48. The fourth-order valence-corrected chi connectivity index (χ4v) is 2.94. The fourth-order valence-electron chi connectivity index (χ4n) is 2.94. The average molecular weight is 276 g/mol. The van der Waals surface area contributed by atoms with Crippen molar-refractivity contribution in [2.24, 2.45) is 10.9 Å². The van der Waals surface area contributed by atoms with Crippen LogP contribution in [0.5, 0.6) is 0 Å². The Labute approximate surface area is 122 Å². The van der Waals surface area contributed by atoms with Gasteiger partial charge in [-0.25, -0.2) is 0 Å². The summed E-state index contributed by atoms with van der Waals surface area (Å²) in [5, 5.41) is 6.76. The topological polar surface area (TPSA) is 41.4 Å². The zero-order valence-electron chi connectivity index (χ0n) is 12.6. The van der Waals surface area contributed by atoms with Gasteiger partial charge in [0.1, 0.15) is 0 Å². The van der Waals surface area contributed by atoms with E-state index in [1.165, 1.54) is 38.5 Å². The molecule has 4 nitrogen and oxygen atoms in total. The number of hydrogen-bond donors (Lipinski definition) is 2. The van der Waals surface area contributed by atoms with Gasteiger partial charge < -0.3 is 15.2 Å². The van der Waals surface area contributed by atoms with Crippen molar-refractivity contribution in [2.75, 3.05) is 20.1 Å². The lowest BCUT2D eigenvalue weighted by Gasteiger charge is -2.13. The summed E-state index contributed by atoms with van der Waals surface area (Å²) in [6.45, 7) is 2.90. The van der Waals surface area contributed by atoms with Crippen molar-refractivity contribution in [1.29, 1.82) is 0 Å². The normalized spacial score (nSPS) is 16.6. The molecule has 20 heavy (non-hydrogen) atoms. The number of nitrogens with one attached hydrogen (secondary N) is 2. The molecule has 1 aromatic rings. The van der Waals surface area contributed by atoms with Crippen molar-refractivity contribution in [3.63, 3.8) is 0 Å². The standard InChI is InChI=1S/C16H28N4/c1-17-16(19-11-14-20-12-4-5-13-20)18-10-6-9-15-7-2-3-8-15/h4-5,12-13,15H,2-3,6-11,14H2,1H3,(H2,17,18,19). The number of rotatable bonds is 7. The van der Waals surface area contributed by atoms with E-state index in [-0.39, 0.29) is 0 Å². The number of aliphatic imine (C=N–C) groups is 1. The molecule has 1 fully saturated rings. The van der Waals surface area contributed by atoms with E-state index < -0.39 is 0 Å². The van der Waals surface area contributed by atoms with E-state index in [1.54, 1.807) is 0 Å². The highest BCUT2D eigenvalue weighted by atomic mass is 15.2. The molecular weight excluding hydrogens is 248 g/mol. The Morgan fingerprint density at radius 3 is 2.55 bits per heavy atom. The Morgan fingerprint density at radius 1 is 1.15 bits per heavy atom. The zero-order chi connectivity index (χ0) is 14.0. The first-order valence-corrected chi connectivity index (χ1v) is 7.94. The van der Waals surface area contributed by atoms with Crippen molar-refractivity contribution in [3.05, 3.63) is 24.5 Å². The number of nitrogens with zero attached hydrogens (tertiary/aromatic N) is 2. The minimum Gasteiger partial charge on any atom is -0.356 e. The molecule has 112 valence electrons. The average Bonchev–Trinajstić information content (AvgIpc) is 3.14. The lowest BCUT2D eigenvalue weighted by molar-refractivity contribution is 0.481. The maximum atomic E-state index is 4.26. The minimum atomic E-state index is 0.900. The summed E-state index contributed by atoms with van der Waals surface area (Å²) in [6.07, 6.45) is 12.6. The van der Waals surface area contributed by atoms with Gasteiger partial charge in [-0.3, -0.25) is 4.99 Å².